The van der Waals surface area contributed by atoms with Gasteiger partial charge < -0.3 is 4.74 Å². The van der Waals surface area contributed by atoms with Crippen molar-refractivity contribution < 1.29 is 4.74 Å². The molecular weight excluding hydrogens is 200 g/mol. The molecule has 0 spiro atoms. The zero-order valence-corrected chi connectivity index (χ0v) is 9.30. The summed E-state index contributed by atoms with van der Waals surface area (Å²) in [5.41, 5.74) is 1.32. The second-order valence-corrected chi connectivity index (χ2v) is 4.08. The Labute approximate surface area is 96.2 Å². The third-order valence-corrected chi connectivity index (χ3v) is 2.79. The Kier molecular flexibility index (Phi) is 3.92. The molecular formula is C13H16N2O. The Morgan fingerprint density at radius 1 is 1.38 bits per heavy atom. The molecule has 0 amide bonds. The Bertz CT molecular complexity index is 358. The van der Waals surface area contributed by atoms with Crippen LogP contribution in [0, 0.1) is 11.3 Å². The normalized spacial score (nSPS) is 21.6. The maximum Gasteiger partial charge on any atom is 0.0832 e. The molecule has 1 aromatic rings. The van der Waals surface area contributed by atoms with Crippen molar-refractivity contribution in [1.82, 2.24) is 4.90 Å². The number of nitriles is 1. The van der Waals surface area contributed by atoms with Gasteiger partial charge in [0.05, 0.1) is 25.2 Å². The van der Waals surface area contributed by atoms with Crippen LogP contribution in [-0.4, -0.2) is 30.7 Å². The van der Waals surface area contributed by atoms with Crippen LogP contribution in [-0.2, 0) is 11.3 Å². The summed E-state index contributed by atoms with van der Waals surface area (Å²) >= 11 is 0. The second-order valence-electron chi connectivity index (χ2n) is 4.08. The van der Waals surface area contributed by atoms with Crippen LogP contribution in [0.1, 0.15) is 12.0 Å². The van der Waals surface area contributed by atoms with Gasteiger partial charge in [0.1, 0.15) is 0 Å². The molecule has 0 saturated carbocycles. The summed E-state index contributed by atoms with van der Waals surface area (Å²) in [6, 6.07) is 12.6. The van der Waals surface area contributed by atoms with Gasteiger partial charge in [-0.25, -0.2) is 0 Å². The van der Waals surface area contributed by atoms with Crippen LogP contribution in [0.15, 0.2) is 30.3 Å². The molecule has 1 heterocycles. The first kappa shape index (κ1) is 11.1. The molecule has 1 fully saturated rings. The van der Waals surface area contributed by atoms with Crippen molar-refractivity contribution in [1.29, 1.82) is 5.26 Å². The van der Waals surface area contributed by atoms with Gasteiger partial charge in [0.25, 0.3) is 0 Å². The minimum absolute atomic E-state index is 0.0856. The first-order valence-electron chi connectivity index (χ1n) is 5.63. The molecule has 16 heavy (non-hydrogen) atoms. The lowest BCUT2D eigenvalue weighted by atomic mass is 10.1. The van der Waals surface area contributed by atoms with Crippen molar-refractivity contribution in [3.63, 3.8) is 0 Å². The molecule has 0 bridgehead atoms. The lowest BCUT2D eigenvalue weighted by Gasteiger charge is -2.31. The highest BCUT2D eigenvalue weighted by Crippen LogP contribution is 2.11. The largest absolute Gasteiger partial charge is 0.374 e. The van der Waals surface area contributed by atoms with Crippen LogP contribution in [0.5, 0.6) is 0 Å². The Hall–Kier alpha value is -1.37. The van der Waals surface area contributed by atoms with Gasteiger partial charge in [-0.2, -0.15) is 5.26 Å². The quantitative estimate of drug-likeness (QED) is 0.773. The van der Waals surface area contributed by atoms with Gasteiger partial charge in [-0.1, -0.05) is 30.3 Å². The van der Waals surface area contributed by atoms with Crippen molar-refractivity contribution in [2.75, 3.05) is 19.7 Å². The van der Waals surface area contributed by atoms with Gasteiger partial charge in [-0.3, -0.25) is 4.90 Å². The molecule has 0 aliphatic carbocycles. The SMILES string of the molecule is N#CCC1CN(Cc2ccccc2)CCO1. The Morgan fingerprint density at radius 3 is 2.94 bits per heavy atom. The number of hydrogen-bond acceptors (Lipinski definition) is 3. The Balaban J connectivity index is 1.88. The lowest BCUT2D eigenvalue weighted by molar-refractivity contribution is -0.0283. The maximum atomic E-state index is 8.65. The predicted molar refractivity (Wildman–Crippen MR) is 61.7 cm³/mol. The van der Waals surface area contributed by atoms with E-state index < -0.39 is 0 Å². The summed E-state index contributed by atoms with van der Waals surface area (Å²) in [6.45, 7) is 3.50. The van der Waals surface area contributed by atoms with E-state index in [0.717, 1.165) is 26.2 Å². The smallest absolute Gasteiger partial charge is 0.0832 e. The number of ether oxygens (including phenoxy) is 1. The number of rotatable bonds is 3. The van der Waals surface area contributed by atoms with Crippen LogP contribution in [0.2, 0.25) is 0 Å². The molecule has 1 aromatic carbocycles. The zero-order valence-electron chi connectivity index (χ0n) is 9.30. The third kappa shape index (κ3) is 3.06. The fourth-order valence-electron chi connectivity index (χ4n) is 1.99. The van der Waals surface area contributed by atoms with E-state index in [9.17, 15) is 0 Å². The molecule has 0 N–H and O–H groups in total. The van der Waals surface area contributed by atoms with E-state index in [0.29, 0.717) is 6.42 Å². The summed E-state index contributed by atoms with van der Waals surface area (Å²) in [5.74, 6) is 0. The molecule has 0 radical (unpaired) electrons. The van der Waals surface area contributed by atoms with Crippen LogP contribution >= 0.6 is 0 Å². The van der Waals surface area contributed by atoms with Gasteiger partial charge in [-0.15, -0.1) is 0 Å². The molecule has 3 nitrogen and oxygen atoms in total. The van der Waals surface area contributed by atoms with Crippen molar-refractivity contribution in [3.8, 4) is 6.07 Å². The summed E-state index contributed by atoms with van der Waals surface area (Å²) in [6.07, 6.45) is 0.577. The van der Waals surface area contributed by atoms with E-state index in [4.69, 9.17) is 10.00 Å². The van der Waals surface area contributed by atoms with E-state index >= 15 is 0 Å². The highest BCUT2D eigenvalue weighted by Gasteiger charge is 2.19. The molecule has 3 heteroatoms. The van der Waals surface area contributed by atoms with Gasteiger partial charge in [0, 0.05) is 19.6 Å². The lowest BCUT2D eigenvalue weighted by Crippen LogP contribution is -2.41. The molecule has 0 aromatic heterocycles. The number of benzene rings is 1. The van der Waals surface area contributed by atoms with E-state index in [-0.39, 0.29) is 6.10 Å². The molecule has 1 aliphatic rings. The monoisotopic (exact) mass is 216 g/mol. The van der Waals surface area contributed by atoms with Gasteiger partial charge in [0.15, 0.2) is 0 Å². The fraction of sp³-hybridized carbons (Fsp3) is 0.462. The van der Waals surface area contributed by atoms with Crippen LogP contribution < -0.4 is 0 Å². The summed E-state index contributed by atoms with van der Waals surface area (Å²) in [5, 5.41) is 8.65. The van der Waals surface area contributed by atoms with Crippen molar-refractivity contribution in [2.45, 2.75) is 19.1 Å². The van der Waals surface area contributed by atoms with Crippen molar-refractivity contribution in [3.05, 3.63) is 35.9 Å². The van der Waals surface area contributed by atoms with Gasteiger partial charge in [0.2, 0.25) is 0 Å². The molecule has 1 saturated heterocycles. The number of morpholine rings is 1. The average Bonchev–Trinajstić information content (AvgIpc) is 2.31. The first-order chi connectivity index (χ1) is 7.88. The summed E-state index contributed by atoms with van der Waals surface area (Å²) < 4.78 is 5.52. The molecule has 1 unspecified atom stereocenters. The van der Waals surface area contributed by atoms with Crippen LogP contribution in [0.25, 0.3) is 0 Å². The summed E-state index contributed by atoms with van der Waals surface area (Å²) in [4.78, 5) is 2.35. The van der Waals surface area contributed by atoms with Crippen molar-refractivity contribution in [2.24, 2.45) is 0 Å². The van der Waals surface area contributed by atoms with E-state index in [1.165, 1.54) is 5.56 Å². The maximum absolute atomic E-state index is 8.65. The first-order valence-corrected chi connectivity index (χ1v) is 5.63. The van der Waals surface area contributed by atoms with E-state index in [1.54, 1.807) is 0 Å². The predicted octanol–water partition coefficient (Wildman–Crippen LogP) is 1.80. The molecule has 1 aliphatic heterocycles. The average molecular weight is 216 g/mol. The molecule has 84 valence electrons. The second kappa shape index (κ2) is 5.64. The van der Waals surface area contributed by atoms with Crippen molar-refractivity contribution >= 4 is 0 Å². The highest BCUT2D eigenvalue weighted by atomic mass is 16.5. The highest BCUT2D eigenvalue weighted by molar-refractivity contribution is 5.14. The Morgan fingerprint density at radius 2 is 2.19 bits per heavy atom. The zero-order chi connectivity index (χ0) is 11.2. The molecule has 1 atom stereocenters. The number of hydrogen-bond donors (Lipinski definition) is 0. The van der Waals surface area contributed by atoms with Gasteiger partial charge >= 0.3 is 0 Å². The minimum Gasteiger partial charge on any atom is -0.374 e. The third-order valence-electron chi connectivity index (χ3n) is 2.79. The molecule has 2 rings (SSSR count). The van der Waals surface area contributed by atoms with Gasteiger partial charge in [-0.05, 0) is 5.56 Å². The van der Waals surface area contributed by atoms with Crippen LogP contribution in [0.3, 0.4) is 0 Å². The van der Waals surface area contributed by atoms with Crippen LogP contribution in [0.4, 0.5) is 0 Å². The fourth-order valence-corrected chi connectivity index (χ4v) is 1.99. The summed E-state index contributed by atoms with van der Waals surface area (Å²) in [7, 11) is 0. The minimum atomic E-state index is 0.0856. The van der Waals surface area contributed by atoms with E-state index in [1.807, 2.05) is 6.07 Å². The topological polar surface area (TPSA) is 36.3 Å². The number of nitrogens with zero attached hydrogens (tertiary/aromatic N) is 2. The standard InChI is InChI=1S/C13H16N2O/c14-7-6-13-11-15(8-9-16-13)10-12-4-2-1-3-5-12/h1-5,13H,6,8-11H2. The van der Waals surface area contributed by atoms with E-state index in [2.05, 4.69) is 35.2 Å².